The standard InChI is InChI=1S/C17H26N4O3/c1-12-10-21(11-13(2)24-12)17-18-14(9-15(22)19-17)5-3-7-20-8-4-6-16(20)23/h9,12-13H,3-8,10-11H2,1-2H3,(H,18,19,22)/t12-,13-/m0/s1. The lowest BCUT2D eigenvalue weighted by atomic mass is 10.2. The van der Waals surface area contributed by atoms with Gasteiger partial charge >= 0.3 is 0 Å². The van der Waals surface area contributed by atoms with E-state index in [1.54, 1.807) is 6.07 Å². The Morgan fingerprint density at radius 1 is 1.29 bits per heavy atom. The third kappa shape index (κ3) is 4.14. The number of nitrogens with one attached hydrogen (secondary N) is 1. The topological polar surface area (TPSA) is 78.5 Å². The van der Waals surface area contributed by atoms with Crippen molar-refractivity contribution in [3.63, 3.8) is 0 Å². The zero-order valence-corrected chi connectivity index (χ0v) is 14.5. The average Bonchev–Trinajstić information content (AvgIpc) is 2.91. The lowest BCUT2D eigenvalue weighted by Gasteiger charge is -2.35. The molecule has 0 bridgehead atoms. The van der Waals surface area contributed by atoms with E-state index in [1.807, 2.05) is 18.7 Å². The first-order valence-electron chi connectivity index (χ1n) is 8.79. The van der Waals surface area contributed by atoms with Crippen LogP contribution in [0.4, 0.5) is 5.95 Å². The van der Waals surface area contributed by atoms with Crippen molar-refractivity contribution in [1.29, 1.82) is 0 Å². The van der Waals surface area contributed by atoms with Gasteiger partial charge in [0.1, 0.15) is 0 Å². The maximum absolute atomic E-state index is 12.0. The van der Waals surface area contributed by atoms with Gasteiger partial charge in [-0.3, -0.25) is 14.6 Å². The number of ether oxygens (including phenoxy) is 1. The van der Waals surface area contributed by atoms with Crippen LogP contribution in [0.2, 0.25) is 0 Å². The molecule has 0 radical (unpaired) electrons. The van der Waals surface area contributed by atoms with Gasteiger partial charge in [-0.2, -0.15) is 0 Å². The predicted octanol–water partition coefficient (Wildman–Crippen LogP) is 0.939. The zero-order valence-electron chi connectivity index (χ0n) is 14.5. The summed E-state index contributed by atoms with van der Waals surface area (Å²) in [6, 6.07) is 1.56. The highest BCUT2D eigenvalue weighted by atomic mass is 16.5. The maximum atomic E-state index is 12.0. The molecule has 1 aromatic rings. The van der Waals surface area contributed by atoms with E-state index in [2.05, 4.69) is 14.9 Å². The number of likely N-dealkylation sites (tertiary alicyclic amines) is 1. The van der Waals surface area contributed by atoms with Crippen LogP contribution in [0.1, 0.15) is 38.8 Å². The molecule has 132 valence electrons. The van der Waals surface area contributed by atoms with Gasteiger partial charge in [0.05, 0.1) is 12.2 Å². The molecule has 3 heterocycles. The van der Waals surface area contributed by atoms with Gasteiger partial charge < -0.3 is 14.5 Å². The van der Waals surface area contributed by atoms with E-state index < -0.39 is 0 Å². The molecule has 1 N–H and O–H groups in total. The van der Waals surface area contributed by atoms with E-state index >= 15 is 0 Å². The summed E-state index contributed by atoms with van der Waals surface area (Å²) in [7, 11) is 0. The van der Waals surface area contributed by atoms with Gasteiger partial charge in [0.15, 0.2) is 0 Å². The number of hydrogen-bond acceptors (Lipinski definition) is 5. The van der Waals surface area contributed by atoms with E-state index in [-0.39, 0.29) is 23.7 Å². The molecular formula is C17H26N4O3. The van der Waals surface area contributed by atoms with Gasteiger partial charge in [0, 0.05) is 44.4 Å². The minimum atomic E-state index is -0.126. The highest BCUT2D eigenvalue weighted by molar-refractivity contribution is 5.77. The van der Waals surface area contributed by atoms with Crippen LogP contribution in [-0.2, 0) is 16.0 Å². The summed E-state index contributed by atoms with van der Waals surface area (Å²) in [5.74, 6) is 0.864. The molecule has 2 aliphatic rings. The number of aromatic amines is 1. The summed E-state index contributed by atoms with van der Waals surface area (Å²) < 4.78 is 5.73. The number of amides is 1. The van der Waals surface area contributed by atoms with Crippen LogP contribution in [0.3, 0.4) is 0 Å². The van der Waals surface area contributed by atoms with Crippen LogP contribution in [0, 0.1) is 0 Å². The molecule has 3 rings (SSSR count). The van der Waals surface area contributed by atoms with Crippen LogP contribution in [-0.4, -0.2) is 59.2 Å². The summed E-state index contributed by atoms with van der Waals surface area (Å²) in [4.78, 5) is 35.0. The summed E-state index contributed by atoms with van der Waals surface area (Å²) in [5.41, 5.74) is 0.659. The van der Waals surface area contributed by atoms with Gasteiger partial charge in [-0.25, -0.2) is 4.98 Å². The van der Waals surface area contributed by atoms with Crippen LogP contribution in [0.15, 0.2) is 10.9 Å². The van der Waals surface area contributed by atoms with Gasteiger partial charge in [-0.1, -0.05) is 0 Å². The zero-order chi connectivity index (χ0) is 17.1. The number of carbonyl (C=O) groups is 1. The Morgan fingerprint density at radius 3 is 2.71 bits per heavy atom. The smallest absolute Gasteiger partial charge is 0.252 e. The fourth-order valence-electron chi connectivity index (χ4n) is 3.51. The third-order valence-electron chi connectivity index (χ3n) is 4.53. The number of aryl methyl sites for hydroxylation is 1. The van der Waals surface area contributed by atoms with Crippen LogP contribution in [0.25, 0.3) is 0 Å². The number of nitrogens with zero attached hydrogens (tertiary/aromatic N) is 3. The largest absolute Gasteiger partial charge is 0.372 e. The monoisotopic (exact) mass is 334 g/mol. The van der Waals surface area contributed by atoms with Crippen LogP contribution >= 0.6 is 0 Å². The normalized spacial score (nSPS) is 24.7. The number of aromatic nitrogens is 2. The SMILES string of the molecule is C[C@H]1CN(c2nc(CCCN3CCCC3=O)cc(=O)[nH]2)C[C@H](C)O1. The fourth-order valence-corrected chi connectivity index (χ4v) is 3.51. The van der Waals surface area contributed by atoms with Crippen molar-refractivity contribution in [3.8, 4) is 0 Å². The number of morpholine rings is 1. The van der Waals surface area contributed by atoms with Crippen molar-refractivity contribution in [2.45, 2.75) is 51.7 Å². The summed E-state index contributed by atoms with van der Waals surface area (Å²) in [5, 5.41) is 0. The highest BCUT2D eigenvalue weighted by Gasteiger charge is 2.24. The predicted molar refractivity (Wildman–Crippen MR) is 91.2 cm³/mol. The minimum Gasteiger partial charge on any atom is -0.372 e. The van der Waals surface area contributed by atoms with Crippen LogP contribution in [0.5, 0.6) is 0 Å². The summed E-state index contributed by atoms with van der Waals surface area (Å²) in [6.45, 7) is 7.10. The number of hydrogen-bond donors (Lipinski definition) is 1. The number of anilines is 1. The summed E-state index contributed by atoms with van der Waals surface area (Å²) >= 11 is 0. The lowest BCUT2D eigenvalue weighted by molar-refractivity contribution is -0.127. The Morgan fingerprint density at radius 2 is 2.04 bits per heavy atom. The molecule has 1 aromatic heterocycles. The second-order valence-corrected chi connectivity index (χ2v) is 6.81. The molecular weight excluding hydrogens is 308 g/mol. The molecule has 2 atom stereocenters. The Bertz CT molecular complexity index is 635. The van der Waals surface area contributed by atoms with Crippen LogP contribution < -0.4 is 10.5 Å². The Balaban J connectivity index is 1.63. The first-order chi connectivity index (χ1) is 11.5. The first kappa shape index (κ1) is 17.0. The average molecular weight is 334 g/mol. The van der Waals surface area contributed by atoms with Gasteiger partial charge in [0.25, 0.3) is 5.56 Å². The molecule has 2 fully saturated rings. The van der Waals surface area contributed by atoms with Crippen molar-refractivity contribution in [2.75, 3.05) is 31.1 Å². The highest BCUT2D eigenvalue weighted by Crippen LogP contribution is 2.16. The van der Waals surface area contributed by atoms with Gasteiger partial charge in [0.2, 0.25) is 11.9 Å². The maximum Gasteiger partial charge on any atom is 0.252 e. The second-order valence-electron chi connectivity index (χ2n) is 6.81. The van der Waals surface area contributed by atoms with Crippen molar-refractivity contribution in [1.82, 2.24) is 14.9 Å². The quantitative estimate of drug-likeness (QED) is 0.867. The molecule has 0 aromatic carbocycles. The van der Waals surface area contributed by atoms with Crippen molar-refractivity contribution in [2.24, 2.45) is 0 Å². The van der Waals surface area contributed by atoms with E-state index in [4.69, 9.17) is 4.74 Å². The number of carbonyl (C=O) groups excluding carboxylic acids is 1. The molecule has 2 aliphatic heterocycles. The second kappa shape index (κ2) is 7.34. The van der Waals surface area contributed by atoms with Gasteiger partial charge in [-0.15, -0.1) is 0 Å². The number of rotatable bonds is 5. The minimum absolute atomic E-state index is 0.115. The molecule has 0 saturated carbocycles. The Hall–Kier alpha value is -1.89. The molecule has 0 unspecified atom stereocenters. The molecule has 7 nitrogen and oxygen atoms in total. The van der Waals surface area contributed by atoms with Crippen molar-refractivity contribution >= 4 is 11.9 Å². The van der Waals surface area contributed by atoms with Gasteiger partial charge in [-0.05, 0) is 33.1 Å². The molecule has 24 heavy (non-hydrogen) atoms. The van der Waals surface area contributed by atoms with Crippen molar-refractivity contribution < 1.29 is 9.53 Å². The van der Waals surface area contributed by atoms with Crippen molar-refractivity contribution in [3.05, 3.63) is 22.1 Å². The fraction of sp³-hybridized carbons (Fsp3) is 0.706. The lowest BCUT2D eigenvalue weighted by Crippen LogP contribution is -2.46. The Labute approximate surface area is 142 Å². The van der Waals surface area contributed by atoms with E-state index in [0.717, 1.165) is 44.7 Å². The van der Waals surface area contributed by atoms with E-state index in [9.17, 15) is 9.59 Å². The molecule has 7 heteroatoms. The summed E-state index contributed by atoms with van der Waals surface area (Å²) in [6.07, 6.45) is 3.39. The molecule has 1 amide bonds. The molecule has 2 saturated heterocycles. The Kier molecular flexibility index (Phi) is 5.18. The molecule has 0 aliphatic carbocycles. The molecule has 0 spiro atoms. The van der Waals surface area contributed by atoms with E-state index in [0.29, 0.717) is 18.8 Å². The third-order valence-corrected chi connectivity index (χ3v) is 4.53. The number of H-pyrrole nitrogens is 1. The van der Waals surface area contributed by atoms with E-state index in [1.165, 1.54) is 0 Å². The first-order valence-corrected chi connectivity index (χ1v) is 8.79.